The van der Waals surface area contributed by atoms with Crippen LogP contribution in [0.2, 0.25) is 10.0 Å². The van der Waals surface area contributed by atoms with Crippen molar-refractivity contribution in [2.45, 2.75) is 27.3 Å². The number of halogens is 2. The van der Waals surface area contributed by atoms with E-state index >= 15 is 0 Å². The van der Waals surface area contributed by atoms with Crippen LogP contribution in [-0.4, -0.2) is 5.91 Å². The standard InChI is InChI=1S/C12H15Cl2NO/c1-12(2,3)11(16)15-7-8-4-5-9(13)10(14)6-8/h4-6H,7H2,1-3H3,(H,15,16). The van der Waals surface area contributed by atoms with Crippen LogP contribution >= 0.6 is 23.2 Å². The molecule has 0 aliphatic carbocycles. The van der Waals surface area contributed by atoms with Gasteiger partial charge in [0.25, 0.3) is 0 Å². The normalized spacial score (nSPS) is 11.3. The zero-order valence-corrected chi connectivity index (χ0v) is 11.1. The van der Waals surface area contributed by atoms with Crippen LogP contribution in [-0.2, 0) is 11.3 Å². The first-order chi connectivity index (χ1) is 7.30. The van der Waals surface area contributed by atoms with E-state index in [2.05, 4.69) is 5.32 Å². The highest BCUT2D eigenvalue weighted by Gasteiger charge is 2.20. The minimum Gasteiger partial charge on any atom is -0.352 e. The molecule has 0 spiro atoms. The summed E-state index contributed by atoms with van der Waals surface area (Å²) in [5.74, 6) is 0.0126. The van der Waals surface area contributed by atoms with E-state index in [1.54, 1.807) is 12.1 Å². The van der Waals surface area contributed by atoms with Gasteiger partial charge < -0.3 is 5.32 Å². The van der Waals surface area contributed by atoms with Gasteiger partial charge in [-0.25, -0.2) is 0 Å². The van der Waals surface area contributed by atoms with Crippen LogP contribution < -0.4 is 5.32 Å². The molecular formula is C12H15Cl2NO. The van der Waals surface area contributed by atoms with E-state index in [0.29, 0.717) is 16.6 Å². The first-order valence-electron chi connectivity index (χ1n) is 5.03. The van der Waals surface area contributed by atoms with E-state index in [4.69, 9.17) is 23.2 Å². The van der Waals surface area contributed by atoms with Gasteiger partial charge >= 0.3 is 0 Å². The predicted molar refractivity (Wildman–Crippen MR) is 67.8 cm³/mol. The molecule has 0 saturated heterocycles. The Morgan fingerprint density at radius 3 is 2.38 bits per heavy atom. The lowest BCUT2D eigenvalue weighted by Crippen LogP contribution is -2.34. The Kier molecular flexibility index (Phi) is 4.22. The zero-order valence-electron chi connectivity index (χ0n) is 9.60. The third-order valence-electron chi connectivity index (χ3n) is 2.12. The lowest BCUT2D eigenvalue weighted by atomic mass is 9.95. The number of hydrogen-bond donors (Lipinski definition) is 1. The van der Waals surface area contributed by atoms with Crippen molar-refractivity contribution in [3.63, 3.8) is 0 Å². The molecular weight excluding hydrogens is 245 g/mol. The molecule has 4 heteroatoms. The van der Waals surface area contributed by atoms with Crippen molar-refractivity contribution in [3.05, 3.63) is 33.8 Å². The molecule has 1 aromatic carbocycles. The minimum absolute atomic E-state index is 0.0126. The van der Waals surface area contributed by atoms with Crippen molar-refractivity contribution >= 4 is 29.1 Å². The Balaban J connectivity index is 2.62. The van der Waals surface area contributed by atoms with Gasteiger partial charge in [-0.2, -0.15) is 0 Å². The highest BCUT2D eigenvalue weighted by atomic mass is 35.5. The van der Waals surface area contributed by atoms with Crippen LogP contribution in [0.5, 0.6) is 0 Å². The highest BCUT2D eigenvalue weighted by Crippen LogP contribution is 2.22. The number of nitrogens with one attached hydrogen (secondary N) is 1. The van der Waals surface area contributed by atoms with Crippen LogP contribution in [0.1, 0.15) is 26.3 Å². The second kappa shape index (κ2) is 5.07. The monoisotopic (exact) mass is 259 g/mol. The Morgan fingerprint density at radius 1 is 1.25 bits per heavy atom. The quantitative estimate of drug-likeness (QED) is 0.863. The topological polar surface area (TPSA) is 29.1 Å². The average Bonchev–Trinajstić information content (AvgIpc) is 2.18. The summed E-state index contributed by atoms with van der Waals surface area (Å²) in [6, 6.07) is 5.33. The highest BCUT2D eigenvalue weighted by molar-refractivity contribution is 6.42. The largest absolute Gasteiger partial charge is 0.352 e. The summed E-state index contributed by atoms with van der Waals surface area (Å²) in [6.45, 7) is 6.08. The maximum atomic E-state index is 11.6. The third kappa shape index (κ3) is 3.69. The van der Waals surface area contributed by atoms with Crippen LogP contribution in [0.4, 0.5) is 0 Å². The number of rotatable bonds is 2. The molecule has 0 fully saturated rings. The Bertz CT molecular complexity index is 396. The summed E-state index contributed by atoms with van der Waals surface area (Å²) >= 11 is 11.7. The zero-order chi connectivity index (χ0) is 12.3. The Morgan fingerprint density at radius 2 is 1.88 bits per heavy atom. The van der Waals surface area contributed by atoms with Crippen molar-refractivity contribution < 1.29 is 4.79 Å². The van der Waals surface area contributed by atoms with Crippen molar-refractivity contribution in [1.82, 2.24) is 5.32 Å². The maximum Gasteiger partial charge on any atom is 0.225 e. The SMILES string of the molecule is CC(C)(C)C(=O)NCc1ccc(Cl)c(Cl)c1. The van der Waals surface area contributed by atoms with E-state index in [9.17, 15) is 4.79 Å². The fourth-order valence-electron chi connectivity index (χ4n) is 1.10. The van der Waals surface area contributed by atoms with Crippen LogP contribution in [0.25, 0.3) is 0 Å². The second-order valence-corrected chi connectivity index (χ2v) is 5.50. The molecule has 1 N–H and O–H groups in total. The molecule has 0 aliphatic heterocycles. The van der Waals surface area contributed by atoms with Crippen molar-refractivity contribution in [2.75, 3.05) is 0 Å². The van der Waals surface area contributed by atoms with Crippen molar-refractivity contribution in [1.29, 1.82) is 0 Å². The fourth-order valence-corrected chi connectivity index (χ4v) is 1.42. The van der Waals surface area contributed by atoms with Gasteiger partial charge in [0.05, 0.1) is 10.0 Å². The molecule has 1 rings (SSSR count). The molecule has 1 aromatic rings. The smallest absolute Gasteiger partial charge is 0.225 e. The van der Waals surface area contributed by atoms with E-state index in [1.165, 1.54) is 0 Å². The molecule has 0 atom stereocenters. The van der Waals surface area contributed by atoms with Gasteiger partial charge in [-0.1, -0.05) is 50.0 Å². The molecule has 0 radical (unpaired) electrons. The van der Waals surface area contributed by atoms with Gasteiger partial charge in [-0.3, -0.25) is 4.79 Å². The van der Waals surface area contributed by atoms with Crippen LogP contribution in [0.3, 0.4) is 0 Å². The molecule has 88 valence electrons. The number of carbonyl (C=O) groups is 1. The fraction of sp³-hybridized carbons (Fsp3) is 0.417. The van der Waals surface area contributed by atoms with Crippen molar-refractivity contribution in [3.8, 4) is 0 Å². The third-order valence-corrected chi connectivity index (χ3v) is 2.86. The molecule has 0 aliphatic rings. The first-order valence-corrected chi connectivity index (χ1v) is 5.78. The summed E-state index contributed by atoms with van der Waals surface area (Å²) in [6.07, 6.45) is 0. The van der Waals surface area contributed by atoms with Gasteiger partial charge in [0.2, 0.25) is 5.91 Å². The first kappa shape index (κ1) is 13.3. The lowest BCUT2D eigenvalue weighted by molar-refractivity contribution is -0.128. The Hall–Kier alpha value is -0.730. The summed E-state index contributed by atoms with van der Waals surface area (Å²) in [7, 11) is 0. The van der Waals surface area contributed by atoms with E-state index in [-0.39, 0.29) is 11.3 Å². The molecule has 0 unspecified atom stereocenters. The van der Waals surface area contributed by atoms with Gasteiger partial charge in [-0.15, -0.1) is 0 Å². The van der Waals surface area contributed by atoms with Gasteiger partial charge in [-0.05, 0) is 17.7 Å². The lowest BCUT2D eigenvalue weighted by Gasteiger charge is -2.17. The molecule has 2 nitrogen and oxygen atoms in total. The Labute approximate surface area is 106 Å². The summed E-state index contributed by atoms with van der Waals surface area (Å²) in [4.78, 5) is 11.6. The number of hydrogen-bond acceptors (Lipinski definition) is 1. The maximum absolute atomic E-state index is 11.6. The molecule has 1 amide bonds. The van der Waals surface area contributed by atoms with Crippen molar-refractivity contribution in [2.24, 2.45) is 5.41 Å². The molecule has 0 aromatic heterocycles. The molecule has 0 bridgehead atoms. The summed E-state index contributed by atoms with van der Waals surface area (Å²) in [5, 5.41) is 3.87. The van der Waals surface area contributed by atoms with E-state index < -0.39 is 0 Å². The summed E-state index contributed by atoms with van der Waals surface area (Å²) < 4.78 is 0. The minimum atomic E-state index is -0.379. The van der Waals surface area contributed by atoms with Gasteiger partial charge in [0.15, 0.2) is 0 Å². The van der Waals surface area contributed by atoms with Crippen LogP contribution in [0.15, 0.2) is 18.2 Å². The average molecular weight is 260 g/mol. The summed E-state index contributed by atoms with van der Waals surface area (Å²) in [5.41, 5.74) is 0.558. The number of amides is 1. The van der Waals surface area contributed by atoms with E-state index in [1.807, 2.05) is 26.8 Å². The second-order valence-electron chi connectivity index (χ2n) is 4.68. The molecule has 0 heterocycles. The molecule has 16 heavy (non-hydrogen) atoms. The van der Waals surface area contributed by atoms with Gasteiger partial charge in [0, 0.05) is 12.0 Å². The van der Waals surface area contributed by atoms with Crippen LogP contribution in [0, 0.1) is 5.41 Å². The number of benzene rings is 1. The van der Waals surface area contributed by atoms with E-state index in [0.717, 1.165) is 5.56 Å². The molecule has 0 saturated carbocycles. The predicted octanol–water partition coefficient (Wildman–Crippen LogP) is 3.66. The van der Waals surface area contributed by atoms with Gasteiger partial charge in [0.1, 0.15) is 0 Å². The number of carbonyl (C=O) groups excluding carboxylic acids is 1.